The molecule has 2 heterocycles. The highest BCUT2D eigenvalue weighted by Crippen LogP contribution is 2.22. The van der Waals surface area contributed by atoms with Crippen molar-refractivity contribution in [2.45, 2.75) is 44.8 Å². The molecule has 2 saturated heterocycles. The summed E-state index contributed by atoms with van der Waals surface area (Å²) in [5.74, 6) is 1.44. The lowest BCUT2D eigenvalue weighted by atomic mass is 10.0. The van der Waals surface area contributed by atoms with Gasteiger partial charge in [-0.15, -0.1) is 0 Å². The molecule has 2 fully saturated rings. The normalized spacial score (nSPS) is 20.9. The molecule has 39 heavy (non-hydrogen) atoms. The van der Waals surface area contributed by atoms with E-state index in [0.717, 1.165) is 29.8 Å². The zero-order chi connectivity index (χ0) is 27.5. The van der Waals surface area contributed by atoms with Gasteiger partial charge in [0.25, 0.3) is 0 Å². The van der Waals surface area contributed by atoms with Crippen LogP contribution >= 0.6 is 0 Å². The lowest BCUT2D eigenvalue weighted by Gasteiger charge is -2.33. The molecule has 0 saturated carbocycles. The van der Waals surface area contributed by atoms with Gasteiger partial charge in [0.1, 0.15) is 30.3 Å². The van der Waals surface area contributed by atoms with Crippen LogP contribution in [0.15, 0.2) is 48.5 Å². The van der Waals surface area contributed by atoms with Gasteiger partial charge in [-0.3, -0.25) is 9.69 Å². The van der Waals surface area contributed by atoms with Crippen LogP contribution in [-0.4, -0.2) is 104 Å². The van der Waals surface area contributed by atoms with Crippen LogP contribution < -0.4 is 9.47 Å². The van der Waals surface area contributed by atoms with E-state index in [-0.39, 0.29) is 25.7 Å². The highest BCUT2D eigenvalue weighted by Gasteiger charge is 2.37. The van der Waals surface area contributed by atoms with Crippen LogP contribution in [-0.2, 0) is 16.1 Å². The van der Waals surface area contributed by atoms with Gasteiger partial charge < -0.3 is 29.1 Å². The minimum atomic E-state index is -1.23. The van der Waals surface area contributed by atoms with Crippen molar-refractivity contribution < 1.29 is 24.1 Å². The number of hydrogen-bond acceptors (Lipinski definition) is 7. The van der Waals surface area contributed by atoms with Crippen molar-refractivity contribution in [3.8, 4) is 11.5 Å². The molecule has 0 aromatic heterocycles. The zero-order valence-corrected chi connectivity index (χ0v) is 23.6. The highest BCUT2D eigenvalue weighted by atomic mass is 16.5. The first kappa shape index (κ1) is 29.3. The van der Waals surface area contributed by atoms with Crippen molar-refractivity contribution in [3.05, 3.63) is 59.7 Å². The quantitative estimate of drug-likeness (QED) is 0.415. The molecule has 0 bridgehead atoms. The summed E-state index contributed by atoms with van der Waals surface area (Å²) in [6, 6.07) is 16.0. The van der Waals surface area contributed by atoms with Gasteiger partial charge in [-0.1, -0.05) is 36.2 Å². The van der Waals surface area contributed by atoms with Crippen molar-refractivity contribution in [1.82, 2.24) is 14.7 Å². The van der Waals surface area contributed by atoms with E-state index in [4.69, 9.17) is 14.2 Å². The summed E-state index contributed by atoms with van der Waals surface area (Å²) < 4.78 is 17.2. The summed E-state index contributed by atoms with van der Waals surface area (Å²) in [7, 11) is 1.51. The minimum Gasteiger partial charge on any atom is -0.494 e. The number of aliphatic hydroxyl groups is 1. The Morgan fingerprint density at radius 1 is 0.923 bits per heavy atom. The van der Waals surface area contributed by atoms with E-state index in [0.29, 0.717) is 38.5 Å². The summed E-state index contributed by atoms with van der Waals surface area (Å²) in [6.45, 7) is 8.70. The number of ether oxygens (including phenoxy) is 3. The Morgan fingerprint density at radius 3 is 2.49 bits per heavy atom. The Morgan fingerprint density at radius 2 is 1.72 bits per heavy atom. The SMILES string of the molecule is COCC(=O)N1CCN(Cc2cccc(OCCCN3CCCCC3)c2)CC(O)(COc2ccc(C)cc2)C1. The van der Waals surface area contributed by atoms with Gasteiger partial charge in [0, 0.05) is 39.8 Å². The van der Waals surface area contributed by atoms with Crippen LogP contribution in [0.5, 0.6) is 11.5 Å². The average molecular weight is 540 g/mol. The third-order valence-corrected chi connectivity index (χ3v) is 7.48. The molecule has 0 spiro atoms. The van der Waals surface area contributed by atoms with Crippen molar-refractivity contribution >= 4 is 5.91 Å². The Hall–Kier alpha value is -2.65. The van der Waals surface area contributed by atoms with Gasteiger partial charge in [0.15, 0.2) is 0 Å². The molecule has 1 atom stereocenters. The van der Waals surface area contributed by atoms with E-state index in [1.165, 1.54) is 39.5 Å². The van der Waals surface area contributed by atoms with Gasteiger partial charge in [0.05, 0.1) is 13.2 Å². The van der Waals surface area contributed by atoms with Gasteiger partial charge >= 0.3 is 0 Å². The molecule has 2 aliphatic heterocycles. The molecule has 8 nitrogen and oxygen atoms in total. The first-order valence-corrected chi connectivity index (χ1v) is 14.3. The highest BCUT2D eigenvalue weighted by molar-refractivity contribution is 5.77. The molecule has 2 aromatic carbocycles. The number of carbonyl (C=O) groups is 1. The third-order valence-electron chi connectivity index (χ3n) is 7.48. The Labute approximate surface area is 233 Å². The van der Waals surface area contributed by atoms with Gasteiger partial charge in [-0.25, -0.2) is 0 Å². The maximum Gasteiger partial charge on any atom is 0.248 e. The van der Waals surface area contributed by atoms with E-state index >= 15 is 0 Å². The van der Waals surface area contributed by atoms with Crippen molar-refractivity contribution in [3.63, 3.8) is 0 Å². The molecule has 1 unspecified atom stereocenters. The fraction of sp³-hybridized carbons (Fsp3) is 0.581. The Kier molecular flexibility index (Phi) is 11.0. The number of carbonyl (C=O) groups excluding carboxylic acids is 1. The van der Waals surface area contributed by atoms with Crippen LogP contribution in [0.4, 0.5) is 0 Å². The summed E-state index contributed by atoms with van der Waals surface area (Å²) in [6.07, 6.45) is 5.00. The van der Waals surface area contributed by atoms with Crippen molar-refractivity contribution in [2.24, 2.45) is 0 Å². The number of hydrogen-bond donors (Lipinski definition) is 1. The van der Waals surface area contributed by atoms with Gasteiger partial charge in [-0.05, 0) is 69.1 Å². The maximum atomic E-state index is 12.7. The summed E-state index contributed by atoms with van der Waals surface area (Å²) in [5, 5.41) is 11.7. The van der Waals surface area contributed by atoms with Crippen LogP contribution in [0.1, 0.15) is 36.8 Å². The third kappa shape index (κ3) is 9.49. The van der Waals surface area contributed by atoms with Crippen LogP contribution in [0.3, 0.4) is 0 Å². The standard InChI is InChI=1S/C31H45N3O5/c1-26-10-12-28(13-11-26)39-25-31(36)23-33(17-18-34(24-31)30(35)22-37-2)21-27-8-6-9-29(20-27)38-19-7-16-32-14-4-3-5-15-32/h6,8-13,20,36H,3-5,7,14-19,21-25H2,1-2H3. The fourth-order valence-corrected chi connectivity index (χ4v) is 5.40. The Bertz CT molecular complexity index is 1030. The van der Waals surface area contributed by atoms with Crippen LogP contribution in [0, 0.1) is 6.92 Å². The predicted molar refractivity (Wildman–Crippen MR) is 152 cm³/mol. The summed E-state index contributed by atoms with van der Waals surface area (Å²) >= 11 is 0. The molecule has 0 radical (unpaired) electrons. The predicted octanol–water partition coefficient (Wildman–Crippen LogP) is 3.35. The lowest BCUT2D eigenvalue weighted by molar-refractivity contribution is -0.138. The molecule has 4 rings (SSSR count). The number of benzene rings is 2. The fourth-order valence-electron chi connectivity index (χ4n) is 5.40. The molecule has 214 valence electrons. The second kappa shape index (κ2) is 14.7. The van der Waals surface area contributed by atoms with E-state index < -0.39 is 5.60 Å². The molecule has 1 N–H and O–H groups in total. The summed E-state index contributed by atoms with van der Waals surface area (Å²) in [5.41, 5.74) is 1.03. The topological polar surface area (TPSA) is 74.7 Å². The lowest BCUT2D eigenvalue weighted by Crippen LogP contribution is -2.52. The molecule has 0 aliphatic carbocycles. The molecular formula is C31H45N3O5. The van der Waals surface area contributed by atoms with Crippen LogP contribution in [0.2, 0.25) is 0 Å². The molecule has 2 aromatic rings. The molecule has 2 aliphatic rings. The van der Waals surface area contributed by atoms with E-state index in [1.807, 2.05) is 43.3 Å². The van der Waals surface area contributed by atoms with E-state index in [1.54, 1.807) is 4.90 Å². The smallest absolute Gasteiger partial charge is 0.248 e. The zero-order valence-electron chi connectivity index (χ0n) is 23.6. The number of likely N-dealkylation sites (tertiary alicyclic amines) is 1. The number of nitrogens with zero attached hydrogens (tertiary/aromatic N) is 3. The maximum absolute atomic E-state index is 12.7. The molecule has 1 amide bonds. The minimum absolute atomic E-state index is 0.00789. The first-order chi connectivity index (χ1) is 18.9. The summed E-state index contributed by atoms with van der Waals surface area (Å²) in [4.78, 5) is 19.1. The second-order valence-electron chi connectivity index (χ2n) is 11.0. The Balaban J connectivity index is 1.35. The van der Waals surface area contributed by atoms with E-state index in [2.05, 4.69) is 21.9 Å². The van der Waals surface area contributed by atoms with Crippen LogP contribution in [0.25, 0.3) is 0 Å². The molecule has 8 heteroatoms. The largest absolute Gasteiger partial charge is 0.494 e. The number of amides is 1. The molecular weight excluding hydrogens is 494 g/mol. The number of rotatable bonds is 12. The van der Waals surface area contributed by atoms with E-state index in [9.17, 15) is 9.90 Å². The monoisotopic (exact) mass is 539 g/mol. The van der Waals surface area contributed by atoms with Crippen molar-refractivity contribution in [2.75, 3.05) is 72.7 Å². The van der Waals surface area contributed by atoms with Gasteiger partial charge in [-0.2, -0.15) is 0 Å². The number of methoxy groups -OCH3 is 1. The van der Waals surface area contributed by atoms with Crippen molar-refractivity contribution in [1.29, 1.82) is 0 Å². The first-order valence-electron chi connectivity index (χ1n) is 14.3. The van der Waals surface area contributed by atoms with Gasteiger partial charge in [0.2, 0.25) is 5.91 Å². The number of β-amino-alcohol motifs (C(OH)–C–C–N with tert-alkyl or cyclic N) is 1. The second-order valence-corrected chi connectivity index (χ2v) is 11.0. The number of piperidine rings is 1. The number of aryl methyl sites for hydroxylation is 1. The average Bonchev–Trinajstić information content (AvgIpc) is 3.10.